The number of H-pyrrole nitrogens is 1. The van der Waals surface area contributed by atoms with Crippen LogP contribution in [0.15, 0.2) is 35.6 Å². The Hall–Kier alpha value is -1.85. The molecular formula is C21H28F3IN6. The second kappa shape index (κ2) is 9.74. The summed E-state index contributed by atoms with van der Waals surface area (Å²) in [6, 6.07) is 5.79. The number of hydrogen-bond acceptors (Lipinski definition) is 3. The molecule has 1 saturated heterocycles. The van der Waals surface area contributed by atoms with Crippen molar-refractivity contribution in [3.63, 3.8) is 0 Å². The Bertz CT molecular complexity index is 871. The van der Waals surface area contributed by atoms with E-state index in [2.05, 4.69) is 30.4 Å². The zero-order valence-corrected chi connectivity index (χ0v) is 19.8. The Morgan fingerprint density at radius 3 is 2.58 bits per heavy atom. The molecule has 170 valence electrons. The Balaban J connectivity index is 0.00000272. The molecule has 0 spiro atoms. The van der Waals surface area contributed by atoms with E-state index in [-0.39, 0.29) is 29.4 Å². The van der Waals surface area contributed by atoms with Crippen molar-refractivity contribution in [2.75, 3.05) is 26.7 Å². The molecule has 2 N–H and O–H groups in total. The van der Waals surface area contributed by atoms with Crippen LogP contribution >= 0.6 is 24.0 Å². The van der Waals surface area contributed by atoms with Gasteiger partial charge >= 0.3 is 6.18 Å². The average Bonchev–Trinajstić information content (AvgIpc) is 3.25. The fourth-order valence-corrected chi connectivity index (χ4v) is 4.55. The molecule has 4 rings (SSSR count). The minimum atomic E-state index is -4.32. The Labute approximate surface area is 197 Å². The van der Waals surface area contributed by atoms with Crippen molar-refractivity contribution in [2.45, 2.75) is 49.6 Å². The van der Waals surface area contributed by atoms with Gasteiger partial charge < -0.3 is 10.2 Å². The van der Waals surface area contributed by atoms with Crippen LogP contribution < -0.4 is 5.32 Å². The predicted octanol–water partition coefficient (Wildman–Crippen LogP) is 4.32. The first-order valence-corrected chi connectivity index (χ1v) is 10.4. The topological polar surface area (TPSA) is 69.2 Å². The van der Waals surface area contributed by atoms with Crippen LogP contribution in [0.2, 0.25) is 0 Å². The summed E-state index contributed by atoms with van der Waals surface area (Å²) in [5.41, 5.74) is -0.0873. The van der Waals surface area contributed by atoms with E-state index in [1.807, 2.05) is 6.07 Å². The van der Waals surface area contributed by atoms with Gasteiger partial charge in [0.1, 0.15) is 12.2 Å². The lowest BCUT2D eigenvalue weighted by Crippen LogP contribution is -2.51. The van der Waals surface area contributed by atoms with Gasteiger partial charge in [0.2, 0.25) is 0 Å². The highest BCUT2D eigenvalue weighted by atomic mass is 127. The quantitative estimate of drug-likeness (QED) is 0.340. The van der Waals surface area contributed by atoms with Gasteiger partial charge in [-0.3, -0.25) is 10.1 Å². The van der Waals surface area contributed by atoms with Crippen molar-refractivity contribution >= 4 is 29.9 Å². The number of aliphatic imine (C=N–C) groups is 1. The van der Waals surface area contributed by atoms with Crippen molar-refractivity contribution in [2.24, 2.45) is 4.99 Å². The molecule has 0 bridgehead atoms. The molecule has 0 atom stereocenters. The van der Waals surface area contributed by atoms with Crippen molar-refractivity contribution in [3.05, 3.63) is 47.5 Å². The lowest BCUT2D eigenvalue weighted by molar-refractivity contribution is -0.137. The number of guanidine groups is 1. The van der Waals surface area contributed by atoms with Gasteiger partial charge in [0.05, 0.1) is 5.56 Å². The molecule has 10 heteroatoms. The molecule has 2 aliphatic rings. The number of alkyl halides is 3. The Morgan fingerprint density at radius 2 is 2.03 bits per heavy atom. The number of nitrogens with one attached hydrogen (secondary N) is 2. The van der Waals surface area contributed by atoms with Gasteiger partial charge in [0.15, 0.2) is 5.96 Å². The number of nitrogens with zero attached hydrogens (tertiary/aromatic N) is 4. The summed E-state index contributed by atoms with van der Waals surface area (Å²) < 4.78 is 39.5. The lowest BCUT2D eigenvalue weighted by Gasteiger charge is -2.44. The second-order valence-corrected chi connectivity index (χ2v) is 8.25. The molecule has 0 radical (unpaired) electrons. The van der Waals surface area contributed by atoms with Gasteiger partial charge in [0.25, 0.3) is 0 Å². The number of aromatic nitrogens is 3. The van der Waals surface area contributed by atoms with Crippen LogP contribution in [0.1, 0.15) is 55.0 Å². The number of rotatable bonds is 4. The number of likely N-dealkylation sites (tertiary alicyclic amines) is 1. The van der Waals surface area contributed by atoms with Crippen molar-refractivity contribution < 1.29 is 13.2 Å². The highest BCUT2D eigenvalue weighted by Crippen LogP contribution is 2.44. The summed E-state index contributed by atoms with van der Waals surface area (Å²) in [5.74, 6) is 2.10. The predicted molar refractivity (Wildman–Crippen MR) is 124 cm³/mol. The molecule has 2 fully saturated rings. The number of piperidine rings is 1. The lowest BCUT2D eigenvalue weighted by atomic mass is 9.64. The van der Waals surface area contributed by atoms with Crippen LogP contribution in [0.5, 0.6) is 0 Å². The van der Waals surface area contributed by atoms with Gasteiger partial charge in [-0.1, -0.05) is 24.6 Å². The molecule has 0 amide bonds. The molecule has 1 aromatic carbocycles. The first-order valence-electron chi connectivity index (χ1n) is 10.4. The fraction of sp³-hybridized carbons (Fsp3) is 0.571. The summed E-state index contributed by atoms with van der Waals surface area (Å²) >= 11 is 0. The second-order valence-electron chi connectivity index (χ2n) is 8.25. The zero-order valence-electron chi connectivity index (χ0n) is 17.5. The maximum atomic E-state index is 13.2. The molecule has 2 aromatic rings. The summed E-state index contributed by atoms with van der Waals surface area (Å²) in [5, 5.41) is 10.3. The number of aromatic amines is 1. The maximum Gasteiger partial charge on any atom is 0.416 e. The largest absolute Gasteiger partial charge is 0.416 e. The normalized spacial score (nSPS) is 19.5. The zero-order chi connectivity index (χ0) is 21.2. The van der Waals surface area contributed by atoms with E-state index < -0.39 is 11.7 Å². The van der Waals surface area contributed by atoms with E-state index in [1.54, 1.807) is 7.05 Å². The van der Waals surface area contributed by atoms with Crippen LogP contribution in [0.25, 0.3) is 0 Å². The summed E-state index contributed by atoms with van der Waals surface area (Å²) in [4.78, 5) is 10.9. The molecule has 1 aliphatic carbocycles. The summed E-state index contributed by atoms with van der Waals surface area (Å²) in [6.07, 6.45) is 1.91. The van der Waals surface area contributed by atoms with Crippen LogP contribution in [-0.4, -0.2) is 52.7 Å². The molecule has 1 aliphatic heterocycles. The van der Waals surface area contributed by atoms with Crippen molar-refractivity contribution in [1.82, 2.24) is 25.4 Å². The van der Waals surface area contributed by atoms with E-state index >= 15 is 0 Å². The van der Waals surface area contributed by atoms with Crippen LogP contribution in [0, 0.1) is 0 Å². The third kappa shape index (κ3) is 5.15. The van der Waals surface area contributed by atoms with Crippen molar-refractivity contribution in [3.8, 4) is 0 Å². The molecule has 31 heavy (non-hydrogen) atoms. The Morgan fingerprint density at radius 1 is 1.29 bits per heavy atom. The van der Waals surface area contributed by atoms with Gasteiger partial charge in [-0.15, -0.1) is 24.0 Å². The van der Waals surface area contributed by atoms with E-state index in [4.69, 9.17) is 0 Å². The van der Waals surface area contributed by atoms with Gasteiger partial charge in [0, 0.05) is 38.0 Å². The van der Waals surface area contributed by atoms with E-state index in [1.165, 1.54) is 18.5 Å². The summed E-state index contributed by atoms with van der Waals surface area (Å²) in [7, 11) is 1.75. The first-order chi connectivity index (χ1) is 14.4. The Kier molecular flexibility index (Phi) is 7.48. The SMILES string of the molecule is CN=C(NCC1(c2cccc(C(F)(F)F)c2)CCC1)N1CCC(c2ncn[nH]2)CC1.I. The molecule has 1 saturated carbocycles. The van der Waals surface area contributed by atoms with E-state index in [0.717, 1.165) is 68.6 Å². The van der Waals surface area contributed by atoms with Crippen LogP contribution in [0.3, 0.4) is 0 Å². The standard InChI is InChI=1S/C21H27F3N6.HI/c1-25-19(30-10-6-15(7-11-30)18-27-14-28-29-18)26-13-20(8-3-9-20)16-4-2-5-17(12-16)21(22,23)24;/h2,4-5,12,14-15H,3,6-11,13H2,1H3,(H,25,26)(H,27,28,29);1H. The third-order valence-electron chi connectivity index (χ3n) is 6.52. The van der Waals surface area contributed by atoms with Crippen LogP contribution in [-0.2, 0) is 11.6 Å². The smallest absolute Gasteiger partial charge is 0.355 e. The monoisotopic (exact) mass is 548 g/mol. The number of hydrogen-bond donors (Lipinski definition) is 2. The minimum absolute atomic E-state index is 0. The molecule has 2 heterocycles. The van der Waals surface area contributed by atoms with Crippen LogP contribution in [0.4, 0.5) is 13.2 Å². The van der Waals surface area contributed by atoms with Gasteiger partial charge in [-0.05, 0) is 37.3 Å². The molecular weight excluding hydrogens is 520 g/mol. The summed E-state index contributed by atoms with van der Waals surface area (Å²) in [6.45, 7) is 2.28. The minimum Gasteiger partial charge on any atom is -0.355 e. The van der Waals surface area contributed by atoms with E-state index in [9.17, 15) is 13.2 Å². The van der Waals surface area contributed by atoms with Crippen molar-refractivity contribution in [1.29, 1.82) is 0 Å². The fourth-order valence-electron chi connectivity index (χ4n) is 4.55. The molecule has 1 aromatic heterocycles. The van der Waals surface area contributed by atoms with Gasteiger partial charge in [-0.2, -0.15) is 18.3 Å². The highest BCUT2D eigenvalue weighted by molar-refractivity contribution is 14.0. The average molecular weight is 548 g/mol. The maximum absolute atomic E-state index is 13.2. The number of halogens is 4. The molecule has 0 unspecified atom stereocenters. The first kappa shape index (κ1) is 23.8. The third-order valence-corrected chi connectivity index (χ3v) is 6.52. The molecule has 6 nitrogen and oxygen atoms in total. The van der Waals surface area contributed by atoms with E-state index in [0.29, 0.717) is 12.5 Å². The highest BCUT2D eigenvalue weighted by Gasteiger charge is 2.41. The van der Waals surface area contributed by atoms with Gasteiger partial charge in [-0.25, -0.2) is 4.98 Å². The number of benzene rings is 1.